The van der Waals surface area contributed by atoms with E-state index in [1.54, 1.807) is 0 Å². The number of hydrogen-bond acceptors (Lipinski definition) is 2. The zero-order valence-electron chi connectivity index (χ0n) is 14.9. The summed E-state index contributed by atoms with van der Waals surface area (Å²) in [5.41, 5.74) is 6.25. The molecule has 0 unspecified atom stereocenters. The van der Waals surface area contributed by atoms with Crippen molar-refractivity contribution in [1.29, 1.82) is 0 Å². The van der Waals surface area contributed by atoms with E-state index < -0.39 is 0 Å². The number of Topliss-reactive ketones (excluding diaryl/α,β-unsaturated/α-hetero) is 1. The summed E-state index contributed by atoms with van der Waals surface area (Å²) >= 11 is 0. The fraction of sp³-hybridized carbons (Fsp3) is 0.125. The molecule has 4 rings (SSSR count). The number of allylic oxidation sites excluding steroid dienone is 1. The Morgan fingerprint density at radius 2 is 1.42 bits per heavy atom. The molecule has 0 saturated carbocycles. The molecule has 0 bridgehead atoms. The maximum atomic E-state index is 12.7. The summed E-state index contributed by atoms with van der Waals surface area (Å²) in [7, 11) is 2.06. The van der Waals surface area contributed by atoms with Crippen LogP contribution < -0.4 is 4.90 Å². The molecule has 0 heterocycles. The van der Waals surface area contributed by atoms with E-state index in [2.05, 4.69) is 54.4 Å². The average Bonchev–Trinajstić information content (AvgIpc) is 2.71. The van der Waals surface area contributed by atoms with Crippen LogP contribution in [0.4, 0.5) is 11.4 Å². The first kappa shape index (κ1) is 16.3. The van der Waals surface area contributed by atoms with Gasteiger partial charge in [-0.25, -0.2) is 0 Å². The van der Waals surface area contributed by atoms with Crippen LogP contribution in [-0.4, -0.2) is 12.8 Å². The number of fused-ring (bicyclic) bond motifs is 1. The lowest BCUT2D eigenvalue weighted by Gasteiger charge is -2.20. The number of carbonyl (C=O) groups excluding carboxylic acids is 1. The molecule has 128 valence electrons. The largest absolute Gasteiger partial charge is 0.345 e. The highest BCUT2D eigenvalue weighted by molar-refractivity contribution is 6.13. The van der Waals surface area contributed by atoms with Crippen LogP contribution in [0.15, 0.2) is 84.4 Å². The monoisotopic (exact) mass is 339 g/mol. The van der Waals surface area contributed by atoms with Crippen LogP contribution >= 0.6 is 0 Å². The van der Waals surface area contributed by atoms with Crippen molar-refractivity contribution in [3.8, 4) is 0 Å². The van der Waals surface area contributed by atoms with E-state index in [1.165, 1.54) is 0 Å². The lowest BCUT2D eigenvalue weighted by atomic mass is 9.86. The van der Waals surface area contributed by atoms with Crippen LogP contribution in [0, 0.1) is 0 Å². The van der Waals surface area contributed by atoms with E-state index in [0.29, 0.717) is 0 Å². The van der Waals surface area contributed by atoms with E-state index in [0.717, 1.165) is 46.5 Å². The fourth-order valence-corrected chi connectivity index (χ4v) is 3.45. The number of para-hydroxylation sites is 1. The number of nitrogens with zero attached hydrogens (tertiary/aromatic N) is 1. The third-order valence-corrected chi connectivity index (χ3v) is 4.98. The smallest absolute Gasteiger partial charge is 0.189 e. The molecule has 0 N–H and O–H groups in total. The van der Waals surface area contributed by atoms with Gasteiger partial charge in [-0.3, -0.25) is 4.79 Å². The summed E-state index contributed by atoms with van der Waals surface area (Å²) in [6.45, 7) is 0. The maximum absolute atomic E-state index is 12.7. The highest BCUT2D eigenvalue weighted by atomic mass is 16.1. The van der Waals surface area contributed by atoms with Crippen molar-refractivity contribution in [2.24, 2.45) is 0 Å². The van der Waals surface area contributed by atoms with Crippen LogP contribution in [0.2, 0.25) is 0 Å². The van der Waals surface area contributed by atoms with E-state index in [9.17, 15) is 4.79 Å². The van der Waals surface area contributed by atoms with Crippen molar-refractivity contribution in [3.05, 3.63) is 101 Å². The highest BCUT2D eigenvalue weighted by Crippen LogP contribution is 2.28. The number of ketones is 1. The van der Waals surface area contributed by atoms with E-state index in [4.69, 9.17) is 0 Å². The quantitative estimate of drug-likeness (QED) is 0.573. The Kier molecular flexibility index (Phi) is 4.40. The second-order valence-corrected chi connectivity index (χ2v) is 6.64. The molecular formula is C24H21NO. The molecule has 1 aliphatic rings. The van der Waals surface area contributed by atoms with Crippen LogP contribution in [0.25, 0.3) is 6.08 Å². The molecule has 0 aliphatic heterocycles. The second-order valence-electron chi connectivity index (χ2n) is 6.64. The third-order valence-electron chi connectivity index (χ3n) is 4.98. The fourth-order valence-electron chi connectivity index (χ4n) is 3.45. The van der Waals surface area contributed by atoms with Gasteiger partial charge in [0.15, 0.2) is 5.78 Å². The molecule has 0 aromatic heterocycles. The van der Waals surface area contributed by atoms with Gasteiger partial charge in [-0.1, -0.05) is 54.6 Å². The molecule has 0 amide bonds. The molecule has 1 aliphatic carbocycles. The number of rotatable bonds is 3. The summed E-state index contributed by atoms with van der Waals surface area (Å²) in [6.07, 6.45) is 3.77. The number of benzene rings is 3. The molecule has 2 nitrogen and oxygen atoms in total. The molecular weight excluding hydrogens is 318 g/mol. The first-order chi connectivity index (χ1) is 12.7. The van der Waals surface area contributed by atoms with Crippen molar-refractivity contribution in [3.63, 3.8) is 0 Å². The maximum Gasteiger partial charge on any atom is 0.189 e. The predicted molar refractivity (Wildman–Crippen MR) is 108 cm³/mol. The van der Waals surface area contributed by atoms with Crippen molar-refractivity contribution in [2.75, 3.05) is 11.9 Å². The summed E-state index contributed by atoms with van der Waals surface area (Å²) in [6, 6.07) is 26.6. The number of carbonyl (C=O) groups is 1. The number of hydrogen-bond donors (Lipinski definition) is 0. The topological polar surface area (TPSA) is 20.3 Å². The highest BCUT2D eigenvalue weighted by Gasteiger charge is 2.21. The van der Waals surface area contributed by atoms with Gasteiger partial charge < -0.3 is 4.90 Å². The standard InChI is InChI=1S/C24H21NO/c1-25(21-8-3-2-4-9-21)22-15-11-18(12-16-22)17-20-14-13-19-7-5-6-10-23(19)24(20)26/h2-12,15-17H,13-14H2,1H3/b20-17-. The van der Waals surface area contributed by atoms with Gasteiger partial charge in [-0.2, -0.15) is 0 Å². The minimum absolute atomic E-state index is 0.164. The van der Waals surface area contributed by atoms with Crippen LogP contribution in [0.3, 0.4) is 0 Å². The van der Waals surface area contributed by atoms with E-state index in [1.807, 2.05) is 42.5 Å². The normalized spacial score (nSPS) is 15.0. The molecule has 0 spiro atoms. The minimum atomic E-state index is 0.164. The van der Waals surface area contributed by atoms with Crippen molar-refractivity contribution >= 4 is 23.2 Å². The molecule has 2 heteroatoms. The Hall–Kier alpha value is -3.13. The zero-order chi connectivity index (χ0) is 17.9. The summed E-state index contributed by atoms with van der Waals surface area (Å²) in [5.74, 6) is 0.164. The van der Waals surface area contributed by atoms with Gasteiger partial charge in [0.2, 0.25) is 0 Å². The van der Waals surface area contributed by atoms with Gasteiger partial charge in [0, 0.05) is 29.6 Å². The Morgan fingerprint density at radius 1 is 0.769 bits per heavy atom. The lowest BCUT2D eigenvalue weighted by Crippen LogP contribution is -2.13. The number of anilines is 2. The number of aryl methyl sites for hydroxylation is 1. The zero-order valence-corrected chi connectivity index (χ0v) is 14.9. The molecule has 0 radical (unpaired) electrons. The average molecular weight is 339 g/mol. The van der Waals surface area contributed by atoms with Gasteiger partial charge in [0.25, 0.3) is 0 Å². The summed E-state index contributed by atoms with van der Waals surface area (Å²) in [4.78, 5) is 14.9. The summed E-state index contributed by atoms with van der Waals surface area (Å²) < 4.78 is 0. The van der Waals surface area contributed by atoms with Crippen LogP contribution in [-0.2, 0) is 6.42 Å². The molecule has 26 heavy (non-hydrogen) atoms. The molecule has 0 saturated heterocycles. The van der Waals surface area contributed by atoms with Gasteiger partial charge in [-0.15, -0.1) is 0 Å². The Bertz CT molecular complexity index is 955. The Labute approximate surface area is 154 Å². The van der Waals surface area contributed by atoms with Crippen LogP contribution in [0.1, 0.15) is 27.9 Å². The van der Waals surface area contributed by atoms with Gasteiger partial charge in [0.05, 0.1) is 0 Å². The van der Waals surface area contributed by atoms with Crippen molar-refractivity contribution in [1.82, 2.24) is 0 Å². The van der Waals surface area contributed by atoms with Crippen molar-refractivity contribution < 1.29 is 4.79 Å². The van der Waals surface area contributed by atoms with E-state index >= 15 is 0 Å². The lowest BCUT2D eigenvalue weighted by molar-refractivity contribution is 0.102. The first-order valence-electron chi connectivity index (χ1n) is 8.94. The summed E-state index contributed by atoms with van der Waals surface area (Å²) in [5, 5.41) is 0. The van der Waals surface area contributed by atoms with Crippen molar-refractivity contribution in [2.45, 2.75) is 12.8 Å². The molecule has 0 atom stereocenters. The van der Waals surface area contributed by atoms with Gasteiger partial charge in [-0.05, 0) is 54.3 Å². The van der Waals surface area contributed by atoms with Crippen LogP contribution in [0.5, 0.6) is 0 Å². The second kappa shape index (κ2) is 7.01. The SMILES string of the molecule is CN(c1ccccc1)c1ccc(/C=C2/CCc3ccccc3C2=O)cc1. The first-order valence-corrected chi connectivity index (χ1v) is 8.94. The molecule has 3 aromatic carbocycles. The molecule has 0 fully saturated rings. The van der Waals surface area contributed by atoms with E-state index in [-0.39, 0.29) is 5.78 Å². The van der Waals surface area contributed by atoms with Gasteiger partial charge in [0.1, 0.15) is 0 Å². The molecule has 3 aromatic rings. The van der Waals surface area contributed by atoms with Gasteiger partial charge >= 0.3 is 0 Å². The minimum Gasteiger partial charge on any atom is -0.345 e. The third kappa shape index (κ3) is 3.18. The Morgan fingerprint density at radius 3 is 2.19 bits per heavy atom. The predicted octanol–water partition coefficient (Wildman–Crippen LogP) is 5.67. The Balaban J connectivity index is 1.56.